The number of halogens is 1. The van der Waals surface area contributed by atoms with Crippen LogP contribution in [-0.2, 0) is 4.74 Å². The molecule has 0 aliphatic carbocycles. The lowest BCUT2D eigenvalue weighted by Crippen LogP contribution is -2.46. The Hall–Kier alpha value is -1.56. The smallest absolute Gasteiger partial charge is 0.287 e. The predicted molar refractivity (Wildman–Crippen MR) is 78.6 cm³/mol. The Balaban J connectivity index is 1.69. The molecule has 0 saturated carbocycles. The Morgan fingerprint density at radius 1 is 1.33 bits per heavy atom. The summed E-state index contributed by atoms with van der Waals surface area (Å²) < 4.78 is 10.7. The van der Waals surface area contributed by atoms with Gasteiger partial charge in [0.05, 0.1) is 5.60 Å². The van der Waals surface area contributed by atoms with Crippen LogP contribution in [0, 0.1) is 0 Å². The van der Waals surface area contributed by atoms with Gasteiger partial charge >= 0.3 is 0 Å². The van der Waals surface area contributed by atoms with E-state index in [0.29, 0.717) is 36.7 Å². The van der Waals surface area contributed by atoms with E-state index in [9.17, 15) is 9.90 Å². The van der Waals surface area contributed by atoms with E-state index in [4.69, 9.17) is 20.8 Å². The number of furan rings is 1. The number of hydrogen-bond acceptors (Lipinski definition) is 4. The average Bonchev–Trinajstić information content (AvgIpc) is 2.88. The first kappa shape index (κ1) is 14.4. The number of carbonyl (C=O) groups is 1. The van der Waals surface area contributed by atoms with Gasteiger partial charge in [-0.05, 0) is 24.3 Å². The first-order chi connectivity index (χ1) is 10.1. The van der Waals surface area contributed by atoms with E-state index in [-0.39, 0.29) is 18.2 Å². The molecule has 0 unspecified atom stereocenters. The van der Waals surface area contributed by atoms with Crippen molar-refractivity contribution in [2.24, 2.45) is 0 Å². The van der Waals surface area contributed by atoms with Gasteiger partial charge in [-0.25, -0.2) is 0 Å². The summed E-state index contributed by atoms with van der Waals surface area (Å²) in [4.78, 5) is 12.1. The van der Waals surface area contributed by atoms with E-state index in [1.165, 1.54) is 0 Å². The van der Waals surface area contributed by atoms with E-state index in [1.807, 2.05) is 0 Å². The lowest BCUT2D eigenvalue weighted by molar-refractivity contribution is -0.0605. The van der Waals surface area contributed by atoms with Gasteiger partial charge in [0.1, 0.15) is 5.58 Å². The van der Waals surface area contributed by atoms with Crippen LogP contribution in [0.25, 0.3) is 11.0 Å². The van der Waals surface area contributed by atoms with Gasteiger partial charge in [-0.2, -0.15) is 0 Å². The van der Waals surface area contributed by atoms with Gasteiger partial charge in [0.2, 0.25) is 0 Å². The van der Waals surface area contributed by atoms with Crippen molar-refractivity contribution >= 4 is 28.5 Å². The van der Waals surface area contributed by atoms with Crippen LogP contribution in [0.3, 0.4) is 0 Å². The molecule has 112 valence electrons. The highest BCUT2D eigenvalue weighted by molar-refractivity contribution is 6.31. The first-order valence-corrected chi connectivity index (χ1v) is 7.21. The largest absolute Gasteiger partial charge is 0.451 e. The fourth-order valence-electron chi connectivity index (χ4n) is 2.39. The highest BCUT2D eigenvalue weighted by atomic mass is 35.5. The molecule has 2 aromatic rings. The molecule has 1 fully saturated rings. The van der Waals surface area contributed by atoms with E-state index >= 15 is 0 Å². The van der Waals surface area contributed by atoms with Crippen LogP contribution in [0.5, 0.6) is 0 Å². The Labute approximate surface area is 126 Å². The molecule has 1 aromatic carbocycles. The molecule has 1 amide bonds. The lowest BCUT2D eigenvalue weighted by Gasteiger charge is -2.31. The molecule has 1 aliphatic heterocycles. The van der Waals surface area contributed by atoms with Crippen LogP contribution in [0.15, 0.2) is 28.7 Å². The molecule has 6 heteroatoms. The highest BCUT2D eigenvalue weighted by Gasteiger charge is 2.30. The molecule has 3 rings (SSSR count). The van der Waals surface area contributed by atoms with Crippen LogP contribution < -0.4 is 5.32 Å². The van der Waals surface area contributed by atoms with Crippen molar-refractivity contribution < 1.29 is 19.1 Å². The van der Waals surface area contributed by atoms with E-state index < -0.39 is 5.60 Å². The van der Waals surface area contributed by atoms with E-state index in [0.717, 1.165) is 5.39 Å². The Bertz CT molecular complexity index is 661. The fourth-order valence-corrected chi connectivity index (χ4v) is 2.57. The van der Waals surface area contributed by atoms with Gasteiger partial charge in [-0.3, -0.25) is 4.79 Å². The number of carbonyl (C=O) groups excluding carboxylic acids is 1. The zero-order valence-corrected chi connectivity index (χ0v) is 12.2. The Morgan fingerprint density at radius 3 is 2.86 bits per heavy atom. The number of benzene rings is 1. The maximum atomic E-state index is 12.1. The van der Waals surface area contributed by atoms with Gasteiger partial charge in [0.25, 0.3) is 5.91 Å². The summed E-state index contributed by atoms with van der Waals surface area (Å²) in [5.74, 6) is -0.134. The van der Waals surface area contributed by atoms with Gasteiger partial charge in [-0.1, -0.05) is 11.6 Å². The first-order valence-electron chi connectivity index (χ1n) is 6.83. The third-order valence-electron chi connectivity index (χ3n) is 3.70. The number of hydrogen-bond donors (Lipinski definition) is 2. The predicted octanol–water partition coefficient (Wildman–Crippen LogP) is 2.36. The second kappa shape index (κ2) is 5.67. The standard InChI is InChI=1S/C15H16ClNO4/c16-11-1-2-12-10(7-11)8-13(21-12)14(18)17-9-15(19)3-5-20-6-4-15/h1-2,7-8,19H,3-6,9H2,(H,17,18). The van der Waals surface area contributed by atoms with E-state index in [2.05, 4.69) is 5.32 Å². The molecule has 0 bridgehead atoms. The van der Waals surface area contributed by atoms with Crippen LogP contribution in [0.4, 0.5) is 0 Å². The maximum Gasteiger partial charge on any atom is 0.287 e. The molecule has 0 radical (unpaired) electrons. The van der Waals surface area contributed by atoms with E-state index in [1.54, 1.807) is 24.3 Å². The topological polar surface area (TPSA) is 71.7 Å². The number of nitrogens with one attached hydrogen (secondary N) is 1. The number of ether oxygens (including phenoxy) is 1. The molecule has 2 N–H and O–H groups in total. The normalized spacial score (nSPS) is 17.8. The second-order valence-corrected chi connectivity index (χ2v) is 5.75. The Kier molecular flexibility index (Phi) is 3.89. The molecule has 0 spiro atoms. The molecule has 5 nitrogen and oxygen atoms in total. The zero-order chi connectivity index (χ0) is 14.9. The fraction of sp³-hybridized carbons (Fsp3) is 0.400. The number of rotatable bonds is 3. The summed E-state index contributed by atoms with van der Waals surface area (Å²) in [5, 5.41) is 14.4. The van der Waals surface area contributed by atoms with Crippen LogP contribution in [-0.4, -0.2) is 36.4 Å². The molecule has 0 atom stereocenters. The minimum absolute atomic E-state index is 0.187. The van der Waals surface area contributed by atoms with Gasteiger partial charge in [0.15, 0.2) is 5.76 Å². The van der Waals surface area contributed by atoms with Gasteiger partial charge in [0, 0.05) is 43.0 Å². The third kappa shape index (κ3) is 3.20. The van der Waals surface area contributed by atoms with Gasteiger partial charge in [-0.15, -0.1) is 0 Å². The molecule has 2 heterocycles. The summed E-state index contributed by atoms with van der Waals surface area (Å²) in [6.07, 6.45) is 1.03. The molecular formula is C15H16ClNO4. The summed E-state index contributed by atoms with van der Waals surface area (Å²) in [6, 6.07) is 6.81. The zero-order valence-electron chi connectivity index (χ0n) is 11.4. The SMILES string of the molecule is O=C(NCC1(O)CCOCC1)c1cc2cc(Cl)ccc2o1. The van der Waals surface area contributed by atoms with Crippen LogP contribution >= 0.6 is 11.6 Å². The summed E-state index contributed by atoms with van der Waals surface area (Å²) in [6.45, 7) is 1.21. The van der Waals surface area contributed by atoms with Crippen LogP contribution in [0.1, 0.15) is 23.4 Å². The highest BCUT2D eigenvalue weighted by Crippen LogP contribution is 2.23. The number of fused-ring (bicyclic) bond motifs is 1. The van der Waals surface area contributed by atoms with Crippen molar-refractivity contribution in [2.75, 3.05) is 19.8 Å². The molecule has 1 aliphatic rings. The second-order valence-electron chi connectivity index (χ2n) is 5.31. The third-order valence-corrected chi connectivity index (χ3v) is 3.94. The molecule has 21 heavy (non-hydrogen) atoms. The lowest BCUT2D eigenvalue weighted by atomic mass is 9.94. The van der Waals surface area contributed by atoms with Crippen molar-refractivity contribution in [2.45, 2.75) is 18.4 Å². The molecule has 1 aromatic heterocycles. The molecule has 1 saturated heterocycles. The average molecular weight is 310 g/mol. The van der Waals surface area contributed by atoms with Crippen molar-refractivity contribution in [3.05, 3.63) is 35.0 Å². The summed E-state index contributed by atoms with van der Waals surface area (Å²) in [5.41, 5.74) is -0.294. The van der Waals surface area contributed by atoms with Crippen molar-refractivity contribution in [1.82, 2.24) is 5.32 Å². The van der Waals surface area contributed by atoms with Crippen molar-refractivity contribution in [3.8, 4) is 0 Å². The maximum absolute atomic E-state index is 12.1. The number of amides is 1. The van der Waals surface area contributed by atoms with Gasteiger partial charge < -0.3 is 19.6 Å². The number of aliphatic hydroxyl groups is 1. The summed E-state index contributed by atoms with van der Waals surface area (Å²) in [7, 11) is 0. The molecular weight excluding hydrogens is 294 g/mol. The summed E-state index contributed by atoms with van der Waals surface area (Å²) >= 11 is 5.90. The van der Waals surface area contributed by atoms with Crippen molar-refractivity contribution in [3.63, 3.8) is 0 Å². The minimum Gasteiger partial charge on any atom is -0.451 e. The van der Waals surface area contributed by atoms with Crippen molar-refractivity contribution in [1.29, 1.82) is 0 Å². The minimum atomic E-state index is -0.900. The Morgan fingerprint density at radius 2 is 2.10 bits per heavy atom. The quantitative estimate of drug-likeness (QED) is 0.913. The monoisotopic (exact) mass is 309 g/mol. The van der Waals surface area contributed by atoms with Crippen LogP contribution in [0.2, 0.25) is 5.02 Å².